The number of aromatic nitrogens is 1. The quantitative estimate of drug-likeness (QED) is 0.912. The van der Waals surface area contributed by atoms with Gasteiger partial charge in [-0.05, 0) is 24.1 Å². The molecule has 2 heterocycles. The van der Waals surface area contributed by atoms with Crippen LogP contribution in [0.5, 0.6) is 0 Å². The van der Waals surface area contributed by atoms with E-state index in [9.17, 15) is 4.79 Å². The second-order valence-electron chi connectivity index (χ2n) is 4.86. The van der Waals surface area contributed by atoms with Crippen molar-refractivity contribution in [3.63, 3.8) is 0 Å². The number of rotatable bonds is 3. The van der Waals surface area contributed by atoms with Crippen molar-refractivity contribution < 1.29 is 4.79 Å². The standard InChI is InChI=1S/C16H16N2O/c19-15-10-9-14(18-15)16(12-6-2-1-3-7-12)13-8-4-5-11-17-13/h1-8,11,14,16H,9-10H2,(H,18,19)/t14-,16+/m1/s1. The molecule has 3 rings (SSSR count). The van der Waals surface area contributed by atoms with E-state index < -0.39 is 0 Å². The van der Waals surface area contributed by atoms with E-state index in [1.54, 1.807) is 0 Å². The summed E-state index contributed by atoms with van der Waals surface area (Å²) in [5.74, 6) is 0.274. The molecule has 19 heavy (non-hydrogen) atoms. The summed E-state index contributed by atoms with van der Waals surface area (Å²) in [5.41, 5.74) is 2.22. The Labute approximate surface area is 112 Å². The van der Waals surface area contributed by atoms with Crippen LogP contribution < -0.4 is 5.32 Å². The SMILES string of the molecule is O=C1CC[C@H]([C@@H](c2ccccc2)c2ccccn2)N1. The van der Waals surface area contributed by atoms with Crippen LogP contribution >= 0.6 is 0 Å². The van der Waals surface area contributed by atoms with Crippen molar-refractivity contribution in [2.45, 2.75) is 24.8 Å². The zero-order valence-electron chi connectivity index (χ0n) is 10.6. The van der Waals surface area contributed by atoms with E-state index in [0.29, 0.717) is 6.42 Å². The lowest BCUT2D eigenvalue weighted by Crippen LogP contribution is -2.32. The summed E-state index contributed by atoms with van der Waals surface area (Å²) in [6.07, 6.45) is 3.29. The third-order valence-corrected chi connectivity index (χ3v) is 3.60. The van der Waals surface area contributed by atoms with Crippen molar-refractivity contribution in [2.24, 2.45) is 0 Å². The number of carbonyl (C=O) groups is 1. The maximum absolute atomic E-state index is 11.5. The number of carbonyl (C=O) groups excluding carboxylic acids is 1. The Morgan fingerprint density at radius 1 is 1.11 bits per heavy atom. The highest BCUT2D eigenvalue weighted by Crippen LogP contribution is 2.30. The van der Waals surface area contributed by atoms with E-state index in [1.165, 1.54) is 5.56 Å². The molecule has 1 aromatic heterocycles. The summed E-state index contributed by atoms with van der Waals surface area (Å²) >= 11 is 0. The summed E-state index contributed by atoms with van der Waals surface area (Å²) < 4.78 is 0. The van der Waals surface area contributed by atoms with Gasteiger partial charge in [-0.15, -0.1) is 0 Å². The van der Waals surface area contributed by atoms with Crippen molar-refractivity contribution in [3.05, 3.63) is 66.0 Å². The van der Waals surface area contributed by atoms with Crippen LogP contribution in [0.1, 0.15) is 30.0 Å². The van der Waals surface area contributed by atoms with Crippen molar-refractivity contribution in [3.8, 4) is 0 Å². The fourth-order valence-corrected chi connectivity index (χ4v) is 2.72. The third-order valence-electron chi connectivity index (χ3n) is 3.60. The van der Waals surface area contributed by atoms with E-state index in [2.05, 4.69) is 22.4 Å². The molecule has 1 aliphatic rings. The molecule has 1 fully saturated rings. The lowest BCUT2D eigenvalue weighted by molar-refractivity contribution is -0.119. The highest BCUT2D eigenvalue weighted by atomic mass is 16.1. The smallest absolute Gasteiger partial charge is 0.220 e. The average molecular weight is 252 g/mol. The second kappa shape index (κ2) is 5.22. The molecule has 96 valence electrons. The molecule has 1 aromatic carbocycles. The first-order valence-electron chi connectivity index (χ1n) is 6.60. The number of pyridine rings is 1. The summed E-state index contributed by atoms with van der Waals surface area (Å²) in [6.45, 7) is 0. The van der Waals surface area contributed by atoms with Gasteiger partial charge in [0, 0.05) is 30.3 Å². The van der Waals surface area contributed by atoms with Crippen LogP contribution in [0.3, 0.4) is 0 Å². The predicted octanol–water partition coefficient (Wildman–Crippen LogP) is 2.49. The largest absolute Gasteiger partial charge is 0.352 e. The summed E-state index contributed by atoms with van der Waals surface area (Å²) in [7, 11) is 0. The van der Waals surface area contributed by atoms with Gasteiger partial charge < -0.3 is 5.32 Å². The molecule has 0 aliphatic carbocycles. The molecule has 0 bridgehead atoms. The first kappa shape index (κ1) is 11.9. The second-order valence-corrected chi connectivity index (χ2v) is 4.86. The Hall–Kier alpha value is -2.16. The van der Waals surface area contributed by atoms with Crippen molar-refractivity contribution in [2.75, 3.05) is 0 Å². The van der Waals surface area contributed by atoms with Gasteiger partial charge in [-0.25, -0.2) is 0 Å². The Morgan fingerprint density at radius 3 is 2.53 bits per heavy atom. The molecule has 0 radical (unpaired) electrons. The van der Waals surface area contributed by atoms with Crippen LogP contribution in [0.15, 0.2) is 54.7 Å². The fraction of sp³-hybridized carbons (Fsp3) is 0.250. The number of nitrogens with one attached hydrogen (secondary N) is 1. The third kappa shape index (κ3) is 2.50. The minimum Gasteiger partial charge on any atom is -0.352 e. The van der Waals surface area contributed by atoms with E-state index >= 15 is 0 Å². The Morgan fingerprint density at radius 2 is 1.89 bits per heavy atom. The van der Waals surface area contributed by atoms with Gasteiger partial charge in [-0.3, -0.25) is 9.78 Å². The molecular weight excluding hydrogens is 236 g/mol. The molecule has 3 nitrogen and oxygen atoms in total. The van der Waals surface area contributed by atoms with Crippen molar-refractivity contribution in [1.29, 1.82) is 0 Å². The summed E-state index contributed by atoms with van der Waals surface area (Å²) in [5, 5.41) is 3.07. The Kier molecular flexibility index (Phi) is 3.27. The highest BCUT2D eigenvalue weighted by Gasteiger charge is 2.31. The Balaban J connectivity index is 1.99. The monoisotopic (exact) mass is 252 g/mol. The molecule has 1 aliphatic heterocycles. The molecule has 2 aromatic rings. The van der Waals surface area contributed by atoms with Crippen LogP contribution in [0.25, 0.3) is 0 Å². The molecule has 1 N–H and O–H groups in total. The van der Waals surface area contributed by atoms with E-state index in [0.717, 1.165) is 12.1 Å². The zero-order valence-corrected chi connectivity index (χ0v) is 10.6. The van der Waals surface area contributed by atoms with Gasteiger partial charge in [0.25, 0.3) is 0 Å². The summed E-state index contributed by atoms with van der Waals surface area (Å²) in [6, 6.07) is 16.4. The topological polar surface area (TPSA) is 42.0 Å². The van der Waals surface area contributed by atoms with Crippen LogP contribution in [-0.4, -0.2) is 16.9 Å². The van der Waals surface area contributed by atoms with Crippen LogP contribution in [0, 0.1) is 0 Å². The molecule has 1 saturated heterocycles. The first-order chi connectivity index (χ1) is 9.34. The average Bonchev–Trinajstić information content (AvgIpc) is 2.88. The lowest BCUT2D eigenvalue weighted by Gasteiger charge is -2.23. The number of hydrogen-bond acceptors (Lipinski definition) is 2. The van der Waals surface area contributed by atoms with Gasteiger partial charge in [0.1, 0.15) is 0 Å². The molecular formula is C16H16N2O. The molecule has 2 atom stereocenters. The molecule has 3 heteroatoms. The maximum Gasteiger partial charge on any atom is 0.220 e. The van der Waals surface area contributed by atoms with E-state index in [1.807, 2.05) is 42.6 Å². The maximum atomic E-state index is 11.5. The van der Waals surface area contributed by atoms with E-state index in [-0.39, 0.29) is 17.9 Å². The minimum absolute atomic E-state index is 0.133. The number of amides is 1. The van der Waals surface area contributed by atoms with Gasteiger partial charge in [-0.2, -0.15) is 0 Å². The summed E-state index contributed by atoms with van der Waals surface area (Å²) in [4.78, 5) is 16.0. The van der Waals surface area contributed by atoms with Crippen LogP contribution in [0.4, 0.5) is 0 Å². The first-order valence-corrected chi connectivity index (χ1v) is 6.60. The van der Waals surface area contributed by atoms with Gasteiger partial charge in [-0.1, -0.05) is 36.4 Å². The van der Waals surface area contributed by atoms with Gasteiger partial charge >= 0.3 is 0 Å². The highest BCUT2D eigenvalue weighted by molar-refractivity contribution is 5.78. The van der Waals surface area contributed by atoms with Crippen LogP contribution in [0.2, 0.25) is 0 Å². The molecule has 0 saturated carbocycles. The van der Waals surface area contributed by atoms with Crippen molar-refractivity contribution >= 4 is 5.91 Å². The lowest BCUT2D eigenvalue weighted by atomic mass is 9.87. The van der Waals surface area contributed by atoms with Crippen molar-refractivity contribution in [1.82, 2.24) is 10.3 Å². The van der Waals surface area contributed by atoms with Crippen LogP contribution in [-0.2, 0) is 4.79 Å². The number of nitrogens with zero attached hydrogens (tertiary/aromatic N) is 1. The molecule has 0 spiro atoms. The number of benzene rings is 1. The number of hydrogen-bond donors (Lipinski definition) is 1. The Bertz CT molecular complexity index is 514. The molecule has 0 unspecified atom stereocenters. The predicted molar refractivity (Wildman–Crippen MR) is 73.7 cm³/mol. The van der Waals surface area contributed by atoms with Gasteiger partial charge in [0.2, 0.25) is 5.91 Å². The van der Waals surface area contributed by atoms with E-state index in [4.69, 9.17) is 0 Å². The zero-order chi connectivity index (χ0) is 13.1. The normalized spacial score (nSPS) is 20.0. The minimum atomic E-state index is 0.133. The van der Waals surface area contributed by atoms with Gasteiger partial charge in [0.05, 0.1) is 0 Å². The van der Waals surface area contributed by atoms with Gasteiger partial charge in [0.15, 0.2) is 0 Å². The molecule has 1 amide bonds. The fourth-order valence-electron chi connectivity index (χ4n) is 2.72.